The fraction of sp³-hybridized carbons (Fsp3) is 0.857. The van der Waals surface area contributed by atoms with Crippen molar-refractivity contribution in [2.45, 2.75) is 0 Å². The molecule has 1 saturated carbocycles. The Bertz CT molecular complexity index is 173. The first kappa shape index (κ1) is 6.91. The third-order valence-corrected chi connectivity index (χ3v) is 2.76. The molecule has 1 aliphatic carbocycles. The van der Waals surface area contributed by atoms with Crippen LogP contribution in [0.1, 0.15) is 0 Å². The van der Waals surface area contributed by atoms with Gasteiger partial charge in [-0.05, 0) is 30.8 Å². The Morgan fingerprint density at radius 3 is 2.73 bits per heavy atom. The number of hydrogen-bond donors (Lipinski definition) is 3. The molecule has 2 fully saturated rings. The summed E-state index contributed by atoms with van der Waals surface area (Å²) in [6, 6.07) is 0. The maximum absolute atomic E-state index is 10.1. The Balaban J connectivity index is 1.71. The molecule has 4 nitrogen and oxygen atoms in total. The summed E-state index contributed by atoms with van der Waals surface area (Å²) in [7, 11) is 0. The summed E-state index contributed by atoms with van der Waals surface area (Å²) in [5.41, 5.74) is 0. The van der Waals surface area contributed by atoms with Gasteiger partial charge in [0.15, 0.2) is 0 Å². The maximum atomic E-state index is 10.1. The highest BCUT2D eigenvalue weighted by atomic mass is 16.4. The maximum Gasteiger partial charge on any atom is 0.404 e. The molecule has 4 heteroatoms. The van der Waals surface area contributed by atoms with Gasteiger partial charge in [0.05, 0.1) is 0 Å². The van der Waals surface area contributed by atoms with Crippen molar-refractivity contribution in [2.75, 3.05) is 19.6 Å². The fourth-order valence-electron chi connectivity index (χ4n) is 2.05. The van der Waals surface area contributed by atoms with E-state index in [9.17, 15) is 4.79 Å². The van der Waals surface area contributed by atoms with Crippen molar-refractivity contribution in [1.82, 2.24) is 10.6 Å². The summed E-state index contributed by atoms with van der Waals surface area (Å²) in [6.07, 6.45) is -0.900. The number of rotatable bonds is 2. The lowest BCUT2D eigenvalue weighted by Gasteiger charge is -2.02. The van der Waals surface area contributed by atoms with E-state index in [0.717, 1.165) is 24.9 Å². The van der Waals surface area contributed by atoms with Crippen molar-refractivity contribution in [3.8, 4) is 0 Å². The topological polar surface area (TPSA) is 61.4 Å². The van der Waals surface area contributed by atoms with Crippen LogP contribution in [-0.4, -0.2) is 30.8 Å². The Morgan fingerprint density at radius 2 is 2.18 bits per heavy atom. The molecule has 0 radical (unpaired) electrons. The summed E-state index contributed by atoms with van der Waals surface area (Å²) in [4.78, 5) is 10.1. The van der Waals surface area contributed by atoms with E-state index in [2.05, 4.69) is 10.6 Å². The van der Waals surface area contributed by atoms with Crippen LogP contribution in [-0.2, 0) is 0 Å². The molecule has 3 N–H and O–H groups in total. The number of carboxylic acid groups (broad SMARTS) is 1. The van der Waals surface area contributed by atoms with Crippen LogP contribution in [0.3, 0.4) is 0 Å². The van der Waals surface area contributed by atoms with E-state index in [0.29, 0.717) is 12.5 Å². The van der Waals surface area contributed by atoms with E-state index in [1.165, 1.54) is 0 Å². The second kappa shape index (κ2) is 2.37. The van der Waals surface area contributed by atoms with Crippen LogP contribution >= 0.6 is 0 Å². The predicted molar refractivity (Wildman–Crippen MR) is 39.4 cm³/mol. The zero-order chi connectivity index (χ0) is 7.84. The van der Waals surface area contributed by atoms with Gasteiger partial charge in [-0.3, -0.25) is 0 Å². The molecule has 1 heterocycles. The van der Waals surface area contributed by atoms with Crippen molar-refractivity contribution in [3.63, 3.8) is 0 Å². The Hall–Kier alpha value is -0.770. The van der Waals surface area contributed by atoms with E-state index in [-0.39, 0.29) is 0 Å². The summed E-state index contributed by atoms with van der Waals surface area (Å²) >= 11 is 0. The van der Waals surface area contributed by atoms with Crippen molar-refractivity contribution in [3.05, 3.63) is 0 Å². The fourth-order valence-corrected chi connectivity index (χ4v) is 2.05. The van der Waals surface area contributed by atoms with E-state index < -0.39 is 6.09 Å². The van der Waals surface area contributed by atoms with Gasteiger partial charge in [-0.2, -0.15) is 0 Å². The number of carbonyl (C=O) groups is 1. The van der Waals surface area contributed by atoms with Gasteiger partial charge in [0.2, 0.25) is 0 Å². The summed E-state index contributed by atoms with van der Waals surface area (Å²) in [6.45, 7) is 2.81. The van der Waals surface area contributed by atoms with Gasteiger partial charge < -0.3 is 15.7 Å². The molecule has 0 bridgehead atoms. The van der Waals surface area contributed by atoms with Crippen molar-refractivity contribution in [1.29, 1.82) is 0 Å². The largest absolute Gasteiger partial charge is 0.465 e. The minimum Gasteiger partial charge on any atom is -0.465 e. The molecule has 1 amide bonds. The molecule has 1 saturated heterocycles. The molecular weight excluding hydrogens is 144 g/mol. The molecule has 0 aromatic heterocycles. The van der Waals surface area contributed by atoms with Crippen LogP contribution in [0.4, 0.5) is 4.79 Å². The molecule has 1 aliphatic heterocycles. The molecule has 0 unspecified atom stereocenters. The van der Waals surface area contributed by atoms with Crippen LogP contribution in [0.15, 0.2) is 0 Å². The highest BCUT2D eigenvalue weighted by Crippen LogP contribution is 2.47. The summed E-state index contributed by atoms with van der Waals surface area (Å²) in [5, 5.41) is 14.0. The van der Waals surface area contributed by atoms with Crippen LogP contribution in [0.5, 0.6) is 0 Å². The Morgan fingerprint density at radius 1 is 1.55 bits per heavy atom. The molecular formula is C7H12N2O2. The van der Waals surface area contributed by atoms with Gasteiger partial charge >= 0.3 is 6.09 Å². The smallest absolute Gasteiger partial charge is 0.404 e. The molecule has 0 aromatic rings. The Labute approximate surface area is 65.0 Å². The minimum absolute atomic E-state index is 0.618. The molecule has 3 atom stereocenters. The second-order valence-electron chi connectivity index (χ2n) is 3.34. The first-order chi connectivity index (χ1) is 5.29. The molecule has 2 aliphatic rings. The van der Waals surface area contributed by atoms with Crippen LogP contribution in [0.25, 0.3) is 0 Å². The van der Waals surface area contributed by atoms with Crippen molar-refractivity contribution < 1.29 is 9.90 Å². The number of hydrogen-bond acceptors (Lipinski definition) is 2. The third-order valence-electron chi connectivity index (χ3n) is 2.76. The highest BCUT2D eigenvalue weighted by Gasteiger charge is 2.52. The molecule has 0 aromatic carbocycles. The number of fused-ring (bicyclic) bond motifs is 1. The molecule has 11 heavy (non-hydrogen) atoms. The van der Waals surface area contributed by atoms with Gasteiger partial charge in [-0.15, -0.1) is 0 Å². The number of piperidine rings is 1. The summed E-state index contributed by atoms with van der Waals surface area (Å²) in [5.74, 6) is 2.12. The van der Waals surface area contributed by atoms with Crippen LogP contribution in [0, 0.1) is 17.8 Å². The average Bonchev–Trinajstić information content (AvgIpc) is 2.44. The van der Waals surface area contributed by atoms with E-state index in [1.807, 2.05) is 0 Å². The van der Waals surface area contributed by atoms with E-state index >= 15 is 0 Å². The van der Waals surface area contributed by atoms with Crippen LogP contribution in [0.2, 0.25) is 0 Å². The first-order valence-electron chi connectivity index (χ1n) is 3.96. The first-order valence-corrected chi connectivity index (χ1v) is 3.96. The van der Waals surface area contributed by atoms with E-state index in [4.69, 9.17) is 5.11 Å². The van der Waals surface area contributed by atoms with Gasteiger partial charge in [0.25, 0.3) is 0 Å². The van der Waals surface area contributed by atoms with Crippen molar-refractivity contribution >= 4 is 6.09 Å². The normalized spacial score (nSPS) is 39.8. The minimum atomic E-state index is -0.900. The highest BCUT2D eigenvalue weighted by molar-refractivity contribution is 5.64. The van der Waals surface area contributed by atoms with Gasteiger partial charge in [0.1, 0.15) is 0 Å². The van der Waals surface area contributed by atoms with Crippen LogP contribution < -0.4 is 10.6 Å². The lowest BCUT2D eigenvalue weighted by atomic mass is 10.3. The van der Waals surface area contributed by atoms with Gasteiger partial charge in [-0.25, -0.2) is 4.79 Å². The lowest BCUT2D eigenvalue weighted by molar-refractivity contribution is 0.193. The second-order valence-corrected chi connectivity index (χ2v) is 3.34. The number of nitrogens with one attached hydrogen (secondary N) is 2. The Kier molecular flexibility index (Phi) is 1.49. The zero-order valence-electron chi connectivity index (χ0n) is 6.21. The molecule has 62 valence electrons. The van der Waals surface area contributed by atoms with Crippen molar-refractivity contribution in [2.24, 2.45) is 17.8 Å². The SMILES string of the molecule is O=C(O)NC[C@@H]1[C@@H]2CNC[C@@H]21. The molecule has 0 spiro atoms. The third kappa shape index (κ3) is 1.18. The summed E-state index contributed by atoms with van der Waals surface area (Å²) < 4.78 is 0. The number of amides is 1. The predicted octanol–water partition coefficient (Wildman–Crippen LogP) is -0.281. The standard InChI is InChI=1S/C7H12N2O2/c10-7(11)9-3-6-4-1-8-2-5(4)6/h4-6,8-9H,1-3H2,(H,10,11)/t4-,5+,6-. The lowest BCUT2D eigenvalue weighted by Crippen LogP contribution is -2.27. The zero-order valence-corrected chi connectivity index (χ0v) is 6.21. The average molecular weight is 156 g/mol. The molecule has 2 rings (SSSR count). The van der Waals surface area contributed by atoms with Gasteiger partial charge in [-0.1, -0.05) is 0 Å². The monoisotopic (exact) mass is 156 g/mol. The van der Waals surface area contributed by atoms with Gasteiger partial charge in [0, 0.05) is 6.54 Å². The quantitative estimate of drug-likeness (QED) is 0.515. The van der Waals surface area contributed by atoms with E-state index in [1.54, 1.807) is 0 Å².